The minimum Gasteiger partial charge on any atom is -0.394 e. The van der Waals surface area contributed by atoms with Gasteiger partial charge in [-0.15, -0.1) is 0 Å². The van der Waals surface area contributed by atoms with E-state index in [1.807, 2.05) is 0 Å². The van der Waals surface area contributed by atoms with Crippen molar-refractivity contribution in [2.24, 2.45) is 0 Å². The second-order valence-electron chi connectivity index (χ2n) is 25.7. The van der Waals surface area contributed by atoms with Crippen LogP contribution in [0.5, 0.6) is 0 Å². The van der Waals surface area contributed by atoms with Gasteiger partial charge in [0.15, 0.2) is 6.29 Å². The molecule has 11 heteroatoms. The summed E-state index contributed by atoms with van der Waals surface area (Å²) in [6.45, 7) is 3.52. The van der Waals surface area contributed by atoms with E-state index in [1.165, 1.54) is 283 Å². The standard InChI is InChI=1S/C71H139NO10/c1-3-5-7-9-11-13-15-17-19-21-23-25-27-28-29-30-31-32-33-34-35-37-38-40-42-44-46-48-50-52-54-56-58-63(74)66(76)62(61-81-71-69(79)68(78)67(77)65(60-73)82-71)72-70(80)64(75)59-57-55-53-51-49-47-45-43-41-39-36-26-24-22-20-18-16-14-12-10-8-6-4-2/h39,41,62-69,71,73-79H,3-38,40,42-61H2,1-2H3,(H,72,80)/b41-39-. The zero-order valence-corrected chi connectivity index (χ0v) is 54.0. The number of aliphatic hydroxyl groups excluding tert-OH is 7. The van der Waals surface area contributed by atoms with Crippen LogP contribution in [-0.4, -0.2) is 110 Å². The fourth-order valence-electron chi connectivity index (χ4n) is 12.0. The molecule has 0 aromatic carbocycles. The Morgan fingerprint density at radius 2 is 0.707 bits per heavy atom. The molecule has 1 rings (SSSR count). The van der Waals surface area contributed by atoms with Gasteiger partial charge in [-0.2, -0.15) is 0 Å². The Bertz CT molecular complexity index is 1340. The first kappa shape index (κ1) is 78.9. The highest BCUT2D eigenvalue weighted by Crippen LogP contribution is 2.24. The molecule has 1 fully saturated rings. The zero-order valence-electron chi connectivity index (χ0n) is 54.0. The molecule has 11 nitrogen and oxygen atoms in total. The Balaban J connectivity index is 2.17. The number of hydrogen-bond donors (Lipinski definition) is 8. The van der Waals surface area contributed by atoms with Crippen molar-refractivity contribution in [2.45, 2.75) is 422 Å². The number of nitrogens with one attached hydrogen (secondary N) is 1. The van der Waals surface area contributed by atoms with E-state index in [1.54, 1.807) is 0 Å². The molecule has 82 heavy (non-hydrogen) atoms. The van der Waals surface area contributed by atoms with Crippen LogP contribution in [-0.2, 0) is 14.3 Å². The molecule has 1 heterocycles. The molecule has 1 amide bonds. The lowest BCUT2D eigenvalue weighted by Gasteiger charge is -2.40. The summed E-state index contributed by atoms with van der Waals surface area (Å²) < 4.78 is 11.2. The van der Waals surface area contributed by atoms with Gasteiger partial charge in [-0.05, 0) is 38.5 Å². The van der Waals surface area contributed by atoms with E-state index in [-0.39, 0.29) is 6.42 Å². The molecule has 8 N–H and O–H groups in total. The molecule has 0 radical (unpaired) electrons. The second-order valence-corrected chi connectivity index (χ2v) is 25.7. The third-order valence-corrected chi connectivity index (χ3v) is 17.8. The summed E-state index contributed by atoms with van der Waals surface area (Å²) in [6, 6.07) is -1.17. The van der Waals surface area contributed by atoms with Gasteiger partial charge in [0.2, 0.25) is 5.91 Å². The van der Waals surface area contributed by atoms with Crippen LogP contribution >= 0.6 is 0 Å². The third-order valence-electron chi connectivity index (χ3n) is 17.8. The molecule has 488 valence electrons. The molecule has 9 atom stereocenters. The van der Waals surface area contributed by atoms with Crippen LogP contribution < -0.4 is 5.32 Å². The number of hydrogen-bond acceptors (Lipinski definition) is 10. The number of allylic oxidation sites excluding steroid dienone is 2. The normalized spacial score (nSPS) is 19.1. The number of unbranched alkanes of at least 4 members (excludes halogenated alkanes) is 50. The van der Waals surface area contributed by atoms with Crippen LogP contribution in [0.4, 0.5) is 0 Å². The number of aliphatic hydroxyl groups is 7. The van der Waals surface area contributed by atoms with Crippen molar-refractivity contribution in [1.29, 1.82) is 0 Å². The Kier molecular flexibility index (Phi) is 57.8. The van der Waals surface area contributed by atoms with E-state index < -0.39 is 74.2 Å². The van der Waals surface area contributed by atoms with Crippen LogP contribution in [0, 0.1) is 0 Å². The van der Waals surface area contributed by atoms with Crippen molar-refractivity contribution in [3.05, 3.63) is 12.2 Å². The minimum atomic E-state index is -1.66. The van der Waals surface area contributed by atoms with E-state index >= 15 is 0 Å². The quantitative estimate of drug-likeness (QED) is 0.0215. The van der Waals surface area contributed by atoms with Crippen LogP contribution in [0.25, 0.3) is 0 Å². The average molecular weight is 1170 g/mol. The summed E-state index contributed by atoms with van der Waals surface area (Å²) >= 11 is 0. The predicted molar refractivity (Wildman–Crippen MR) is 344 cm³/mol. The monoisotopic (exact) mass is 1170 g/mol. The first-order valence-electron chi connectivity index (χ1n) is 36.1. The molecule has 1 aliphatic rings. The van der Waals surface area contributed by atoms with Crippen molar-refractivity contribution >= 4 is 5.91 Å². The maximum atomic E-state index is 13.2. The zero-order chi connectivity index (χ0) is 59.6. The SMILES string of the molecule is CCCCCCCCCCCCCC/C=C\CCCCCCCCCC(O)C(=O)NC(COC1OC(CO)C(O)C(O)C1O)C(O)C(O)CCCCCCCCCCCCCCCCCCCCCCCCCCCCCCCCCC. The van der Waals surface area contributed by atoms with Crippen molar-refractivity contribution in [3.63, 3.8) is 0 Å². The molecule has 0 aromatic rings. The van der Waals surface area contributed by atoms with Gasteiger partial charge in [0.25, 0.3) is 0 Å². The number of amides is 1. The highest BCUT2D eigenvalue weighted by molar-refractivity contribution is 5.80. The van der Waals surface area contributed by atoms with Crippen LogP contribution in [0.1, 0.15) is 367 Å². The molecule has 0 bridgehead atoms. The van der Waals surface area contributed by atoms with E-state index in [4.69, 9.17) is 9.47 Å². The highest BCUT2D eigenvalue weighted by Gasteiger charge is 2.44. The fourth-order valence-corrected chi connectivity index (χ4v) is 12.0. The number of carbonyl (C=O) groups is 1. The number of carbonyl (C=O) groups excluding carboxylic acids is 1. The molecule has 0 saturated carbocycles. The lowest BCUT2D eigenvalue weighted by molar-refractivity contribution is -0.303. The number of ether oxygens (including phenoxy) is 2. The van der Waals surface area contributed by atoms with Crippen LogP contribution in [0.15, 0.2) is 12.2 Å². The van der Waals surface area contributed by atoms with E-state index in [0.717, 1.165) is 44.9 Å². The molecule has 1 aliphatic heterocycles. The highest BCUT2D eigenvalue weighted by atomic mass is 16.7. The summed E-state index contributed by atoms with van der Waals surface area (Å²) in [7, 11) is 0. The molecule has 9 unspecified atom stereocenters. The second kappa shape index (κ2) is 60.1. The smallest absolute Gasteiger partial charge is 0.249 e. The first-order chi connectivity index (χ1) is 40.2. The Morgan fingerprint density at radius 3 is 1.02 bits per heavy atom. The minimum absolute atomic E-state index is 0.258. The van der Waals surface area contributed by atoms with Crippen molar-refractivity contribution in [3.8, 4) is 0 Å². The topological polar surface area (TPSA) is 189 Å². The largest absolute Gasteiger partial charge is 0.394 e. The third kappa shape index (κ3) is 47.0. The summed E-state index contributed by atoms with van der Waals surface area (Å²) in [4.78, 5) is 13.2. The van der Waals surface area contributed by atoms with E-state index in [9.17, 15) is 40.5 Å². The lowest BCUT2D eigenvalue weighted by atomic mass is 9.98. The van der Waals surface area contributed by atoms with Crippen molar-refractivity contribution < 1.29 is 50.0 Å². The molecule has 0 aliphatic carbocycles. The predicted octanol–water partition coefficient (Wildman–Crippen LogP) is 17.4. The van der Waals surface area contributed by atoms with Crippen LogP contribution in [0.3, 0.4) is 0 Å². The molecule has 1 saturated heterocycles. The van der Waals surface area contributed by atoms with E-state index in [2.05, 4.69) is 31.3 Å². The van der Waals surface area contributed by atoms with Crippen LogP contribution in [0.2, 0.25) is 0 Å². The van der Waals surface area contributed by atoms with E-state index in [0.29, 0.717) is 19.3 Å². The van der Waals surface area contributed by atoms with Gasteiger partial charge in [-0.1, -0.05) is 341 Å². The van der Waals surface area contributed by atoms with Crippen molar-refractivity contribution in [1.82, 2.24) is 5.32 Å². The van der Waals surface area contributed by atoms with Gasteiger partial charge in [0.1, 0.15) is 36.6 Å². The summed E-state index contributed by atoms with van der Waals surface area (Å²) in [6.07, 6.45) is 63.0. The summed E-state index contributed by atoms with van der Waals surface area (Å²) in [5, 5.41) is 76.6. The maximum Gasteiger partial charge on any atom is 0.249 e. The Hall–Kier alpha value is -1.15. The van der Waals surface area contributed by atoms with Gasteiger partial charge in [-0.25, -0.2) is 0 Å². The average Bonchev–Trinajstić information content (AvgIpc) is 3.53. The Labute approximate surface area is 506 Å². The molecule has 0 aromatic heterocycles. The lowest BCUT2D eigenvalue weighted by Crippen LogP contribution is -2.60. The van der Waals surface area contributed by atoms with Gasteiger partial charge in [0.05, 0.1) is 25.4 Å². The summed E-state index contributed by atoms with van der Waals surface area (Å²) in [5.41, 5.74) is 0. The molecular weight excluding hydrogens is 1030 g/mol. The van der Waals surface area contributed by atoms with Gasteiger partial charge in [0, 0.05) is 0 Å². The first-order valence-corrected chi connectivity index (χ1v) is 36.1. The Morgan fingerprint density at radius 1 is 0.415 bits per heavy atom. The number of rotatable bonds is 64. The van der Waals surface area contributed by atoms with Gasteiger partial charge < -0.3 is 50.5 Å². The fraction of sp³-hybridized carbons (Fsp3) is 0.958. The molecular formula is C71H139NO10. The molecule has 0 spiro atoms. The maximum absolute atomic E-state index is 13.2. The van der Waals surface area contributed by atoms with Crippen molar-refractivity contribution in [2.75, 3.05) is 13.2 Å². The van der Waals surface area contributed by atoms with Gasteiger partial charge >= 0.3 is 0 Å². The van der Waals surface area contributed by atoms with Gasteiger partial charge in [-0.3, -0.25) is 4.79 Å². The summed E-state index contributed by atoms with van der Waals surface area (Å²) in [5.74, 6) is -0.693.